The second-order valence-electron chi connectivity index (χ2n) is 3.77. The van der Waals surface area contributed by atoms with Crippen LogP contribution in [0.4, 0.5) is 4.39 Å². The van der Waals surface area contributed by atoms with Crippen molar-refractivity contribution in [3.8, 4) is 5.75 Å². The van der Waals surface area contributed by atoms with E-state index in [4.69, 9.17) is 22.1 Å². The predicted octanol–water partition coefficient (Wildman–Crippen LogP) is 3.27. The van der Waals surface area contributed by atoms with E-state index in [0.717, 1.165) is 6.42 Å². The summed E-state index contributed by atoms with van der Waals surface area (Å²) in [5.41, 5.74) is 4.54. The number of benzene rings is 1. The van der Waals surface area contributed by atoms with Gasteiger partial charge in [-0.3, -0.25) is 0 Å². The first-order valence-electron chi connectivity index (χ1n) is 5.30. The Labute approximate surface area is 101 Å². The number of nitrogens with two attached hydrogens (primary N) is 1. The van der Waals surface area contributed by atoms with Gasteiger partial charge in [0.2, 0.25) is 0 Å². The van der Waals surface area contributed by atoms with E-state index >= 15 is 0 Å². The lowest BCUT2D eigenvalue weighted by atomic mass is 9.91. The SMILES string of the molecule is CCCC(F)(CN)c1ccc(Cl)c(OC)c1. The lowest BCUT2D eigenvalue weighted by molar-refractivity contribution is 0.159. The molecule has 2 nitrogen and oxygen atoms in total. The minimum Gasteiger partial charge on any atom is -0.495 e. The highest BCUT2D eigenvalue weighted by Crippen LogP contribution is 2.35. The molecule has 4 heteroatoms. The Morgan fingerprint density at radius 2 is 2.19 bits per heavy atom. The molecule has 1 unspecified atom stereocenters. The lowest BCUT2D eigenvalue weighted by Crippen LogP contribution is -2.30. The highest BCUT2D eigenvalue weighted by atomic mass is 35.5. The van der Waals surface area contributed by atoms with E-state index in [2.05, 4.69) is 0 Å². The monoisotopic (exact) mass is 245 g/mol. The molecule has 16 heavy (non-hydrogen) atoms. The predicted molar refractivity (Wildman–Crippen MR) is 64.8 cm³/mol. The number of hydrogen-bond donors (Lipinski definition) is 1. The summed E-state index contributed by atoms with van der Waals surface area (Å²) in [6.07, 6.45) is 1.13. The number of methoxy groups -OCH3 is 1. The summed E-state index contributed by atoms with van der Waals surface area (Å²) in [6, 6.07) is 4.91. The van der Waals surface area contributed by atoms with Crippen molar-refractivity contribution in [1.29, 1.82) is 0 Å². The van der Waals surface area contributed by atoms with E-state index in [-0.39, 0.29) is 6.54 Å². The Morgan fingerprint density at radius 3 is 2.69 bits per heavy atom. The van der Waals surface area contributed by atoms with Gasteiger partial charge in [-0.2, -0.15) is 0 Å². The largest absolute Gasteiger partial charge is 0.495 e. The van der Waals surface area contributed by atoms with Crippen LogP contribution in [0.15, 0.2) is 18.2 Å². The van der Waals surface area contributed by atoms with Crippen molar-refractivity contribution in [3.63, 3.8) is 0 Å². The van der Waals surface area contributed by atoms with E-state index in [9.17, 15) is 4.39 Å². The number of halogens is 2. The fraction of sp³-hybridized carbons (Fsp3) is 0.500. The number of rotatable bonds is 5. The lowest BCUT2D eigenvalue weighted by Gasteiger charge is -2.24. The van der Waals surface area contributed by atoms with Crippen LogP contribution in [0.5, 0.6) is 5.75 Å². The van der Waals surface area contributed by atoms with Crippen molar-refractivity contribution in [2.24, 2.45) is 5.73 Å². The molecular formula is C12H17ClFNO. The average Bonchev–Trinajstić information content (AvgIpc) is 2.29. The zero-order valence-corrected chi connectivity index (χ0v) is 10.4. The Morgan fingerprint density at radius 1 is 1.50 bits per heavy atom. The Hall–Kier alpha value is -0.800. The zero-order valence-electron chi connectivity index (χ0n) is 9.59. The third-order valence-electron chi connectivity index (χ3n) is 2.64. The third-order valence-corrected chi connectivity index (χ3v) is 2.95. The summed E-state index contributed by atoms with van der Waals surface area (Å²) in [5, 5.41) is 0.474. The van der Waals surface area contributed by atoms with Gasteiger partial charge in [-0.1, -0.05) is 31.0 Å². The van der Waals surface area contributed by atoms with E-state index in [1.807, 2.05) is 6.92 Å². The van der Waals surface area contributed by atoms with Crippen molar-refractivity contribution in [2.75, 3.05) is 13.7 Å². The van der Waals surface area contributed by atoms with Crippen LogP contribution in [-0.4, -0.2) is 13.7 Å². The van der Waals surface area contributed by atoms with Crippen LogP contribution < -0.4 is 10.5 Å². The minimum atomic E-state index is -1.49. The maximum absolute atomic E-state index is 14.5. The van der Waals surface area contributed by atoms with Gasteiger partial charge in [0.25, 0.3) is 0 Å². The van der Waals surface area contributed by atoms with Crippen LogP contribution in [0, 0.1) is 0 Å². The Kier molecular flexibility index (Phi) is 4.56. The smallest absolute Gasteiger partial charge is 0.148 e. The second-order valence-corrected chi connectivity index (χ2v) is 4.18. The maximum Gasteiger partial charge on any atom is 0.148 e. The van der Waals surface area contributed by atoms with Crippen molar-refractivity contribution in [1.82, 2.24) is 0 Å². The molecule has 1 aromatic rings. The number of alkyl halides is 1. The number of hydrogen-bond acceptors (Lipinski definition) is 2. The van der Waals surface area contributed by atoms with E-state index in [1.165, 1.54) is 7.11 Å². The Balaban J connectivity index is 3.10. The van der Waals surface area contributed by atoms with Crippen LogP contribution in [0.2, 0.25) is 5.02 Å². The Bertz CT molecular complexity index is 359. The summed E-state index contributed by atoms with van der Waals surface area (Å²) in [4.78, 5) is 0. The molecule has 0 fully saturated rings. The summed E-state index contributed by atoms with van der Waals surface area (Å²) < 4.78 is 19.5. The van der Waals surface area contributed by atoms with E-state index in [0.29, 0.717) is 22.8 Å². The summed E-state index contributed by atoms with van der Waals surface area (Å²) in [6.45, 7) is 1.89. The van der Waals surface area contributed by atoms with Gasteiger partial charge in [0.05, 0.1) is 12.1 Å². The minimum absolute atomic E-state index is 0.0361. The quantitative estimate of drug-likeness (QED) is 0.864. The molecule has 0 amide bonds. The molecule has 0 bridgehead atoms. The standard InChI is InChI=1S/C12H17ClFNO/c1-3-6-12(14,8-15)9-4-5-10(13)11(7-9)16-2/h4-5,7H,3,6,8,15H2,1-2H3. The van der Waals surface area contributed by atoms with Crippen molar-refractivity contribution in [3.05, 3.63) is 28.8 Å². The van der Waals surface area contributed by atoms with Gasteiger partial charge in [0, 0.05) is 6.54 Å². The van der Waals surface area contributed by atoms with Crippen LogP contribution in [0.3, 0.4) is 0 Å². The molecule has 0 spiro atoms. The van der Waals surface area contributed by atoms with Crippen LogP contribution in [0.1, 0.15) is 25.3 Å². The van der Waals surface area contributed by atoms with Crippen molar-refractivity contribution >= 4 is 11.6 Å². The first-order chi connectivity index (χ1) is 7.57. The number of ether oxygens (including phenoxy) is 1. The molecule has 90 valence electrons. The van der Waals surface area contributed by atoms with Crippen molar-refractivity contribution in [2.45, 2.75) is 25.4 Å². The maximum atomic E-state index is 14.5. The second kappa shape index (κ2) is 5.51. The van der Waals surface area contributed by atoms with Gasteiger partial charge in [-0.05, 0) is 24.1 Å². The van der Waals surface area contributed by atoms with Gasteiger partial charge in [-0.25, -0.2) is 4.39 Å². The molecule has 1 atom stereocenters. The molecule has 0 aliphatic rings. The van der Waals surface area contributed by atoms with E-state index < -0.39 is 5.67 Å². The molecule has 1 aromatic carbocycles. The van der Waals surface area contributed by atoms with Gasteiger partial charge in [0.1, 0.15) is 11.4 Å². The fourth-order valence-corrected chi connectivity index (χ4v) is 1.89. The first kappa shape index (κ1) is 13.3. The molecule has 0 radical (unpaired) electrons. The topological polar surface area (TPSA) is 35.2 Å². The van der Waals surface area contributed by atoms with Gasteiger partial charge < -0.3 is 10.5 Å². The molecule has 0 aliphatic carbocycles. The van der Waals surface area contributed by atoms with Crippen LogP contribution in [0.25, 0.3) is 0 Å². The molecule has 0 aromatic heterocycles. The van der Waals surface area contributed by atoms with Crippen LogP contribution in [-0.2, 0) is 5.67 Å². The first-order valence-corrected chi connectivity index (χ1v) is 5.68. The molecule has 1 rings (SSSR count). The zero-order chi connectivity index (χ0) is 12.2. The highest BCUT2D eigenvalue weighted by Gasteiger charge is 2.29. The molecule has 0 heterocycles. The van der Waals surface area contributed by atoms with Crippen molar-refractivity contribution < 1.29 is 9.13 Å². The van der Waals surface area contributed by atoms with Gasteiger partial charge in [-0.15, -0.1) is 0 Å². The summed E-state index contributed by atoms with van der Waals surface area (Å²) >= 11 is 5.89. The summed E-state index contributed by atoms with van der Waals surface area (Å²) in [7, 11) is 1.51. The van der Waals surface area contributed by atoms with E-state index in [1.54, 1.807) is 18.2 Å². The molecular weight excluding hydrogens is 229 g/mol. The molecule has 2 N–H and O–H groups in total. The fourth-order valence-electron chi connectivity index (χ4n) is 1.70. The van der Waals surface area contributed by atoms with Gasteiger partial charge >= 0.3 is 0 Å². The van der Waals surface area contributed by atoms with Gasteiger partial charge in [0.15, 0.2) is 0 Å². The normalized spacial score (nSPS) is 14.6. The van der Waals surface area contributed by atoms with Crippen LogP contribution >= 0.6 is 11.6 Å². The molecule has 0 saturated carbocycles. The average molecular weight is 246 g/mol. The molecule has 0 saturated heterocycles. The summed E-state index contributed by atoms with van der Waals surface area (Å²) in [5.74, 6) is 0.478. The highest BCUT2D eigenvalue weighted by molar-refractivity contribution is 6.32. The third kappa shape index (κ3) is 2.66. The molecule has 0 aliphatic heterocycles.